The third kappa shape index (κ3) is 2.79. The molecule has 1 atom stereocenters. The van der Waals surface area contributed by atoms with Crippen LogP contribution in [0, 0.1) is 11.6 Å². The van der Waals surface area contributed by atoms with Crippen molar-refractivity contribution in [3.05, 3.63) is 46.0 Å². The van der Waals surface area contributed by atoms with Crippen LogP contribution in [0.5, 0.6) is 0 Å². The first kappa shape index (κ1) is 14.0. The minimum absolute atomic E-state index is 0.202. The van der Waals surface area contributed by atoms with Crippen LogP contribution in [0.4, 0.5) is 8.78 Å². The SMILES string of the molecule is CNC(c1ccc(F)cc1F)c1snnc1C(C)C. The third-order valence-electron chi connectivity index (χ3n) is 2.91. The van der Waals surface area contributed by atoms with Crippen LogP contribution in [-0.4, -0.2) is 16.6 Å². The quantitative estimate of drug-likeness (QED) is 0.936. The standard InChI is InChI=1S/C13H15F2N3S/c1-7(2)11-13(19-18-17-11)12(16-3)9-5-4-8(14)6-10(9)15/h4-7,12,16H,1-3H3. The molecule has 0 saturated carbocycles. The second-order valence-corrected chi connectivity index (χ2v) is 5.35. The van der Waals surface area contributed by atoms with Gasteiger partial charge in [-0.15, -0.1) is 5.10 Å². The molecule has 2 aromatic rings. The van der Waals surface area contributed by atoms with Crippen molar-refractivity contribution in [2.24, 2.45) is 0 Å². The van der Waals surface area contributed by atoms with Crippen LogP contribution >= 0.6 is 11.5 Å². The van der Waals surface area contributed by atoms with E-state index in [0.717, 1.165) is 16.6 Å². The number of benzene rings is 1. The number of hydrogen-bond acceptors (Lipinski definition) is 4. The van der Waals surface area contributed by atoms with E-state index < -0.39 is 11.6 Å². The van der Waals surface area contributed by atoms with Crippen molar-refractivity contribution in [2.45, 2.75) is 25.8 Å². The Balaban J connectivity index is 2.47. The van der Waals surface area contributed by atoms with Crippen molar-refractivity contribution >= 4 is 11.5 Å². The first-order chi connectivity index (χ1) is 9.04. The van der Waals surface area contributed by atoms with E-state index in [1.807, 2.05) is 13.8 Å². The van der Waals surface area contributed by atoms with Crippen LogP contribution in [0.25, 0.3) is 0 Å². The molecule has 0 aliphatic rings. The van der Waals surface area contributed by atoms with Gasteiger partial charge in [-0.2, -0.15) is 0 Å². The van der Waals surface area contributed by atoms with Crippen molar-refractivity contribution in [3.8, 4) is 0 Å². The Kier molecular flexibility index (Phi) is 4.21. The summed E-state index contributed by atoms with van der Waals surface area (Å²) in [4.78, 5) is 0.864. The topological polar surface area (TPSA) is 37.8 Å². The Labute approximate surface area is 114 Å². The average Bonchev–Trinajstić information content (AvgIpc) is 2.82. The van der Waals surface area contributed by atoms with Crippen LogP contribution in [-0.2, 0) is 0 Å². The molecular weight excluding hydrogens is 268 g/mol. The van der Waals surface area contributed by atoms with Gasteiger partial charge in [-0.1, -0.05) is 24.4 Å². The van der Waals surface area contributed by atoms with E-state index in [1.165, 1.54) is 23.7 Å². The lowest BCUT2D eigenvalue weighted by Gasteiger charge is -2.17. The molecule has 102 valence electrons. The van der Waals surface area contributed by atoms with E-state index in [0.29, 0.717) is 5.56 Å². The molecule has 0 amide bonds. The van der Waals surface area contributed by atoms with Crippen molar-refractivity contribution < 1.29 is 8.78 Å². The van der Waals surface area contributed by atoms with Crippen LogP contribution in [0.2, 0.25) is 0 Å². The molecule has 0 aliphatic heterocycles. The number of hydrogen-bond donors (Lipinski definition) is 1. The van der Waals surface area contributed by atoms with Gasteiger partial charge < -0.3 is 5.32 Å². The fourth-order valence-electron chi connectivity index (χ4n) is 1.97. The summed E-state index contributed by atoms with van der Waals surface area (Å²) in [6.07, 6.45) is 0. The maximum absolute atomic E-state index is 13.9. The molecule has 6 heteroatoms. The predicted molar refractivity (Wildman–Crippen MR) is 71.3 cm³/mol. The molecule has 1 aromatic heterocycles. The van der Waals surface area contributed by atoms with Gasteiger partial charge in [-0.3, -0.25) is 0 Å². The van der Waals surface area contributed by atoms with Gasteiger partial charge in [0.1, 0.15) is 11.6 Å². The number of aromatic nitrogens is 2. The van der Waals surface area contributed by atoms with Gasteiger partial charge in [0.05, 0.1) is 16.6 Å². The van der Waals surface area contributed by atoms with Gasteiger partial charge in [-0.05, 0) is 30.6 Å². The van der Waals surface area contributed by atoms with E-state index in [-0.39, 0.29) is 12.0 Å². The monoisotopic (exact) mass is 283 g/mol. The maximum Gasteiger partial charge on any atom is 0.131 e. The van der Waals surface area contributed by atoms with Crippen molar-refractivity contribution in [1.82, 2.24) is 14.9 Å². The summed E-state index contributed by atoms with van der Waals surface area (Å²) in [6, 6.07) is 3.24. The fraction of sp³-hybridized carbons (Fsp3) is 0.385. The van der Waals surface area contributed by atoms with Crippen LogP contribution in [0.1, 0.15) is 41.9 Å². The van der Waals surface area contributed by atoms with E-state index in [4.69, 9.17) is 0 Å². The summed E-state index contributed by atoms with van der Waals surface area (Å²) in [5, 5.41) is 7.13. The molecule has 1 aromatic carbocycles. The molecular formula is C13H15F2N3S. The number of nitrogens with zero attached hydrogens (tertiary/aromatic N) is 2. The highest BCUT2D eigenvalue weighted by molar-refractivity contribution is 7.05. The molecule has 0 bridgehead atoms. The molecule has 1 unspecified atom stereocenters. The molecule has 0 saturated heterocycles. The smallest absolute Gasteiger partial charge is 0.131 e. The third-order valence-corrected chi connectivity index (χ3v) is 3.72. The lowest BCUT2D eigenvalue weighted by molar-refractivity contribution is 0.551. The van der Waals surface area contributed by atoms with Gasteiger partial charge in [0.2, 0.25) is 0 Å². The van der Waals surface area contributed by atoms with Gasteiger partial charge >= 0.3 is 0 Å². The predicted octanol–water partition coefficient (Wildman–Crippen LogP) is 3.25. The maximum atomic E-state index is 13.9. The summed E-state index contributed by atoms with van der Waals surface area (Å²) in [6.45, 7) is 4.02. The Morgan fingerprint density at radius 2 is 2.00 bits per heavy atom. The summed E-state index contributed by atoms with van der Waals surface area (Å²) in [7, 11) is 1.73. The van der Waals surface area contributed by atoms with Gasteiger partial charge in [0.15, 0.2) is 0 Å². The Hall–Kier alpha value is -1.40. The molecule has 1 heterocycles. The van der Waals surface area contributed by atoms with E-state index in [1.54, 1.807) is 7.05 Å². The van der Waals surface area contributed by atoms with Gasteiger partial charge in [0.25, 0.3) is 0 Å². The van der Waals surface area contributed by atoms with Crippen LogP contribution in [0.15, 0.2) is 18.2 Å². The van der Waals surface area contributed by atoms with E-state index in [9.17, 15) is 8.78 Å². The lowest BCUT2D eigenvalue weighted by Crippen LogP contribution is -2.19. The zero-order chi connectivity index (χ0) is 14.0. The highest BCUT2D eigenvalue weighted by Gasteiger charge is 2.23. The van der Waals surface area contributed by atoms with Gasteiger partial charge in [0, 0.05) is 11.6 Å². The summed E-state index contributed by atoms with van der Waals surface area (Å²) in [5.74, 6) is -0.946. The minimum atomic E-state index is -0.581. The fourth-order valence-corrected chi connectivity index (χ4v) is 2.91. The van der Waals surface area contributed by atoms with E-state index >= 15 is 0 Å². The zero-order valence-corrected chi connectivity index (χ0v) is 11.8. The second-order valence-electron chi connectivity index (χ2n) is 4.56. The van der Waals surface area contributed by atoms with E-state index in [2.05, 4.69) is 14.9 Å². The lowest BCUT2D eigenvalue weighted by atomic mass is 10.00. The second kappa shape index (κ2) is 5.71. The van der Waals surface area contributed by atoms with Crippen molar-refractivity contribution in [3.63, 3.8) is 0 Å². The Bertz CT molecular complexity index is 569. The molecule has 19 heavy (non-hydrogen) atoms. The number of rotatable bonds is 4. The molecule has 3 nitrogen and oxygen atoms in total. The molecule has 1 N–H and O–H groups in total. The number of halogens is 2. The summed E-state index contributed by atoms with van der Waals surface area (Å²) in [5.41, 5.74) is 1.24. The average molecular weight is 283 g/mol. The normalized spacial score (nSPS) is 12.9. The molecule has 0 radical (unpaired) electrons. The van der Waals surface area contributed by atoms with Crippen LogP contribution < -0.4 is 5.32 Å². The molecule has 2 rings (SSSR count). The first-order valence-corrected chi connectivity index (χ1v) is 6.76. The molecule has 0 fully saturated rings. The Morgan fingerprint density at radius 1 is 1.26 bits per heavy atom. The summed E-state index contributed by atoms with van der Waals surface area (Å²) >= 11 is 1.23. The molecule has 0 aliphatic carbocycles. The highest BCUT2D eigenvalue weighted by atomic mass is 32.1. The number of nitrogens with one attached hydrogen (secondary N) is 1. The first-order valence-electron chi connectivity index (χ1n) is 5.99. The minimum Gasteiger partial charge on any atom is -0.308 e. The van der Waals surface area contributed by atoms with Crippen molar-refractivity contribution in [1.29, 1.82) is 0 Å². The van der Waals surface area contributed by atoms with Crippen LogP contribution in [0.3, 0.4) is 0 Å². The molecule has 0 spiro atoms. The highest BCUT2D eigenvalue weighted by Crippen LogP contribution is 2.31. The largest absolute Gasteiger partial charge is 0.308 e. The van der Waals surface area contributed by atoms with Gasteiger partial charge in [-0.25, -0.2) is 8.78 Å². The Morgan fingerprint density at radius 3 is 2.58 bits per heavy atom. The van der Waals surface area contributed by atoms with Crippen molar-refractivity contribution in [2.75, 3.05) is 7.05 Å². The zero-order valence-electron chi connectivity index (χ0n) is 10.9. The summed E-state index contributed by atoms with van der Waals surface area (Å²) < 4.78 is 30.8.